The van der Waals surface area contributed by atoms with Gasteiger partial charge in [-0.2, -0.15) is 0 Å². The van der Waals surface area contributed by atoms with Crippen molar-refractivity contribution in [2.24, 2.45) is 11.8 Å². The minimum Gasteiger partial charge on any atom is -0.356 e. The summed E-state index contributed by atoms with van der Waals surface area (Å²) in [5, 5.41) is 2.71. The maximum absolute atomic E-state index is 11.5. The zero-order valence-corrected chi connectivity index (χ0v) is 16.7. The molecular formula is C19H31N3O5. The van der Waals surface area contributed by atoms with E-state index in [0.717, 1.165) is 12.8 Å². The highest BCUT2D eigenvalue weighted by Crippen LogP contribution is 2.19. The van der Waals surface area contributed by atoms with Crippen LogP contribution in [0, 0.1) is 11.8 Å². The van der Waals surface area contributed by atoms with Crippen molar-refractivity contribution < 1.29 is 24.0 Å². The number of carbonyl (C=O) groups is 5. The fraction of sp³-hybridized carbons (Fsp3) is 0.737. The summed E-state index contributed by atoms with van der Waals surface area (Å²) >= 11 is 0. The van der Waals surface area contributed by atoms with Crippen molar-refractivity contribution in [3.8, 4) is 0 Å². The fourth-order valence-corrected chi connectivity index (χ4v) is 2.96. The van der Waals surface area contributed by atoms with E-state index >= 15 is 0 Å². The van der Waals surface area contributed by atoms with Crippen LogP contribution in [0.4, 0.5) is 0 Å². The second-order valence-electron chi connectivity index (χ2n) is 7.08. The molecule has 8 heteroatoms. The highest BCUT2D eigenvalue weighted by Gasteiger charge is 2.35. The molecule has 1 N–H and O–H groups in total. The van der Waals surface area contributed by atoms with E-state index in [0.29, 0.717) is 19.5 Å². The lowest BCUT2D eigenvalue weighted by atomic mass is 10.1. The number of nitrogens with one attached hydrogen (secondary N) is 1. The lowest BCUT2D eigenvalue weighted by Crippen LogP contribution is -2.35. The van der Waals surface area contributed by atoms with Crippen LogP contribution in [0.25, 0.3) is 0 Å². The van der Waals surface area contributed by atoms with Crippen LogP contribution in [-0.2, 0) is 24.0 Å². The Hall–Kier alpha value is -2.25. The largest absolute Gasteiger partial charge is 0.356 e. The van der Waals surface area contributed by atoms with Crippen molar-refractivity contribution in [3.63, 3.8) is 0 Å². The summed E-state index contributed by atoms with van der Waals surface area (Å²) in [6.45, 7) is 8.89. The summed E-state index contributed by atoms with van der Waals surface area (Å²) in [6, 6.07) is 0. The van der Waals surface area contributed by atoms with Crippen LogP contribution in [-0.4, -0.2) is 59.0 Å². The van der Waals surface area contributed by atoms with Gasteiger partial charge < -0.3 is 5.32 Å². The molecule has 8 nitrogen and oxygen atoms in total. The number of nitrogens with zero attached hydrogens (tertiary/aromatic N) is 2. The molecule has 0 spiro atoms. The first-order valence-electron chi connectivity index (χ1n) is 9.67. The molecular weight excluding hydrogens is 350 g/mol. The highest BCUT2D eigenvalue weighted by molar-refractivity contribution is 6.04. The zero-order valence-electron chi connectivity index (χ0n) is 16.7. The molecule has 5 amide bonds. The molecule has 0 aliphatic carbocycles. The van der Waals surface area contributed by atoms with E-state index in [-0.39, 0.29) is 60.8 Å². The Labute approximate surface area is 160 Å². The predicted octanol–water partition coefficient (Wildman–Crippen LogP) is 1.09. The normalized spacial score (nSPS) is 22.2. The molecule has 27 heavy (non-hydrogen) atoms. The summed E-state index contributed by atoms with van der Waals surface area (Å²) in [5.41, 5.74) is 0. The van der Waals surface area contributed by atoms with Crippen LogP contribution in [0.3, 0.4) is 0 Å². The van der Waals surface area contributed by atoms with Gasteiger partial charge in [-0.1, -0.05) is 27.7 Å². The standard InChI is InChI=1S/C11H18N2O3.C8H13NO2/c1-3-5-12-9(14)4-6-13-10(15)7-8(2)11(13)16;1-3-4-9-7(10)5-6(2)8(9)11/h8H,3-7H2,1-2H3,(H,12,14);6H,3-5H2,1-2H3. The van der Waals surface area contributed by atoms with Crippen molar-refractivity contribution in [2.45, 2.75) is 59.8 Å². The van der Waals surface area contributed by atoms with Crippen molar-refractivity contribution in [2.75, 3.05) is 19.6 Å². The van der Waals surface area contributed by atoms with Gasteiger partial charge in [-0.05, 0) is 12.8 Å². The molecule has 0 radical (unpaired) electrons. The van der Waals surface area contributed by atoms with E-state index < -0.39 is 0 Å². The SMILES string of the molecule is CCCN1C(=O)CC(C)C1=O.CCCNC(=O)CCN1C(=O)CC(C)C1=O. The van der Waals surface area contributed by atoms with Gasteiger partial charge >= 0.3 is 0 Å². The number of carbonyl (C=O) groups excluding carboxylic acids is 5. The molecule has 2 atom stereocenters. The van der Waals surface area contributed by atoms with E-state index in [2.05, 4.69) is 5.32 Å². The van der Waals surface area contributed by atoms with E-state index in [1.54, 1.807) is 13.8 Å². The molecule has 0 aromatic rings. The van der Waals surface area contributed by atoms with E-state index in [4.69, 9.17) is 0 Å². The van der Waals surface area contributed by atoms with Crippen LogP contribution < -0.4 is 5.32 Å². The first kappa shape index (κ1) is 22.8. The first-order valence-corrected chi connectivity index (χ1v) is 9.67. The Morgan fingerprint density at radius 1 is 0.889 bits per heavy atom. The lowest BCUT2D eigenvalue weighted by molar-refractivity contribution is -0.141. The summed E-state index contributed by atoms with van der Waals surface area (Å²) in [4.78, 5) is 59.1. The van der Waals surface area contributed by atoms with Gasteiger partial charge in [0.05, 0.1) is 0 Å². The van der Waals surface area contributed by atoms with Gasteiger partial charge in [0.1, 0.15) is 0 Å². The number of hydrogen-bond donors (Lipinski definition) is 1. The lowest BCUT2D eigenvalue weighted by Gasteiger charge is -2.13. The number of amides is 5. The van der Waals surface area contributed by atoms with E-state index in [1.165, 1.54) is 9.80 Å². The van der Waals surface area contributed by atoms with E-state index in [9.17, 15) is 24.0 Å². The number of hydrogen-bond acceptors (Lipinski definition) is 5. The Morgan fingerprint density at radius 3 is 1.74 bits per heavy atom. The molecule has 2 heterocycles. The molecule has 2 fully saturated rings. The van der Waals surface area contributed by atoms with Crippen molar-refractivity contribution in [1.82, 2.24) is 15.1 Å². The van der Waals surface area contributed by atoms with Crippen LogP contribution in [0.1, 0.15) is 59.8 Å². The van der Waals surface area contributed by atoms with Gasteiger partial charge in [0, 0.05) is 50.7 Å². The van der Waals surface area contributed by atoms with Gasteiger partial charge in [0.15, 0.2) is 0 Å². The average molecular weight is 381 g/mol. The molecule has 152 valence electrons. The minimum atomic E-state index is -0.230. The third-order valence-electron chi connectivity index (χ3n) is 4.52. The van der Waals surface area contributed by atoms with Crippen LogP contribution in [0.5, 0.6) is 0 Å². The Bertz CT molecular complexity index is 590. The third kappa shape index (κ3) is 6.45. The average Bonchev–Trinajstić information content (AvgIpc) is 3.01. The van der Waals surface area contributed by atoms with Gasteiger partial charge in [-0.25, -0.2) is 0 Å². The van der Waals surface area contributed by atoms with Crippen molar-refractivity contribution in [3.05, 3.63) is 0 Å². The number of likely N-dealkylation sites (tertiary alicyclic amines) is 2. The van der Waals surface area contributed by atoms with Crippen LogP contribution >= 0.6 is 0 Å². The second kappa shape index (κ2) is 10.8. The monoisotopic (exact) mass is 381 g/mol. The van der Waals surface area contributed by atoms with Crippen molar-refractivity contribution >= 4 is 29.5 Å². The molecule has 2 aliphatic heterocycles. The quantitative estimate of drug-likeness (QED) is 0.665. The Balaban J connectivity index is 0.000000289. The minimum absolute atomic E-state index is 0.00292. The third-order valence-corrected chi connectivity index (χ3v) is 4.52. The topological polar surface area (TPSA) is 104 Å². The Morgan fingerprint density at radius 2 is 1.37 bits per heavy atom. The predicted molar refractivity (Wildman–Crippen MR) is 99.2 cm³/mol. The van der Waals surface area contributed by atoms with E-state index in [1.807, 2.05) is 13.8 Å². The second-order valence-corrected chi connectivity index (χ2v) is 7.08. The molecule has 0 aromatic carbocycles. The molecule has 2 aliphatic rings. The maximum atomic E-state index is 11.5. The fourth-order valence-electron chi connectivity index (χ4n) is 2.96. The summed E-state index contributed by atoms with van der Waals surface area (Å²) in [5.74, 6) is -0.766. The molecule has 0 saturated carbocycles. The van der Waals surface area contributed by atoms with Crippen LogP contribution in [0.2, 0.25) is 0 Å². The molecule has 2 saturated heterocycles. The highest BCUT2D eigenvalue weighted by atomic mass is 16.2. The van der Waals surface area contributed by atoms with Gasteiger partial charge in [-0.3, -0.25) is 33.8 Å². The summed E-state index contributed by atoms with van der Waals surface area (Å²) < 4.78 is 0. The zero-order chi connectivity index (χ0) is 20.6. The Kier molecular flexibility index (Phi) is 9.11. The number of imide groups is 2. The first-order chi connectivity index (χ1) is 12.7. The number of rotatable bonds is 7. The molecule has 0 aromatic heterocycles. The molecule has 2 unspecified atom stereocenters. The van der Waals surface area contributed by atoms with Gasteiger partial charge in [0.2, 0.25) is 29.5 Å². The van der Waals surface area contributed by atoms with Gasteiger partial charge in [0.25, 0.3) is 0 Å². The molecule has 2 rings (SSSR count). The summed E-state index contributed by atoms with van der Waals surface area (Å²) in [6.07, 6.45) is 2.60. The van der Waals surface area contributed by atoms with Crippen molar-refractivity contribution in [1.29, 1.82) is 0 Å². The molecule has 0 bridgehead atoms. The smallest absolute Gasteiger partial charge is 0.232 e. The summed E-state index contributed by atoms with van der Waals surface area (Å²) in [7, 11) is 0. The van der Waals surface area contributed by atoms with Crippen LogP contribution in [0.15, 0.2) is 0 Å². The van der Waals surface area contributed by atoms with Gasteiger partial charge in [-0.15, -0.1) is 0 Å². The maximum Gasteiger partial charge on any atom is 0.232 e.